The van der Waals surface area contributed by atoms with Gasteiger partial charge in [0, 0.05) is 13.1 Å². The molecule has 202 valence electrons. The van der Waals surface area contributed by atoms with E-state index < -0.39 is 28.5 Å². The van der Waals surface area contributed by atoms with Crippen LogP contribution < -0.4 is 14.4 Å². The third-order valence-corrected chi connectivity index (χ3v) is 7.83. The molecule has 9 heteroatoms. The number of aryl methyl sites for hydroxylation is 1. The molecule has 0 aliphatic heterocycles. The number of ether oxygens (including phenoxy) is 1. The van der Waals surface area contributed by atoms with E-state index in [1.165, 1.54) is 17.0 Å². The van der Waals surface area contributed by atoms with Gasteiger partial charge >= 0.3 is 0 Å². The van der Waals surface area contributed by atoms with E-state index in [0.29, 0.717) is 24.6 Å². The lowest BCUT2D eigenvalue weighted by Gasteiger charge is -2.32. The summed E-state index contributed by atoms with van der Waals surface area (Å²) in [5.74, 6) is -0.228. The van der Waals surface area contributed by atoms with Gasteiger partial charge in [-0.05, 0) is 69.7 Å². The van der Waals surface area contributed by atoms with Crippen LogP contribution in [0.5, 0.6) is 5.75 Å². The Bertz CT molecular complexity index is 1310. The molecule has 0 aromatic heterocycles. The maximum absolute atomic E-state index is 13.8. The molecule has 38 heavy (non-hydrogen) atoms. The standard InChI is InChI=1S/C29H35N3O5S/c1-5-30-29(34)23(4)31(20-24-10-8-7-9-11-24)28(33)21-32(25-14-16-26(17-15-25)37-6-2)38(35,36)27-18-12-22(3)13-19-27/h7-19,23H,5-6,20-21H2,1-4H3,(H,30,34)/t23-/m1/s1. The van der Waals surface area contributed by atoms with E-state index in [9.17, 15) is 18.0 Å². The highest BCUT2D eigenvalue weighted by atomic mass is 32.2. The summed E-state index contributed by atoms with van der Waals surface area (Å²) >= 11 is 0. The zero-order valence-corrected chi connectivity index (χ0v) is 23.1. The van der Waals surface area contributed by atoms with Crippen molar-refractivity contribution in [2.45, 2.75) is 45.2 Å². The fraction of sp³-hybridized carbons (Fsp3) is 0.310. The molecule has 0 unspecified atom stereocenters. The fourth-order valence-electron chi connectivity index (χ4n) is 3.93. The van der Waals surface area contributed by atoms with Crippen LogP contribution in [0, 0.1) is 6.92 Å². The van der Waals surface area contributed by atoms with Crippen molar-refractivity contribution in [3.8, 4) is 5.75 Å². The molecule has 2 amide bonds. The molecule has 0 aliphatic rings. The van der Waals surface area contributed by atoms with Crippen molar-refractivity contribution in [1.29, 1.82) is 0 Å². The molecular formula is C29H35N3O5S. The van der Waals surface area contributed by atoms with Crippen molar-refractivity contribution in [2.75, 3.05) is 24.0 Å². The number of likely N-dealkylation sites (N-methyl/N-ethyl adjacent to an activating group) is 1. The van der Waals surface area contributed by atoms with Crippen LogP contribution in [0.15, 0.2) is 83.8 Å². The van der Waals surface area contributed by atoms with E-state index in [-0.39, 0.29) is 17.3 Å². The number of hydrogen-bond acceptors (Lipinski definition) is 5. The number of rotatable bonds is 12. The van der Waals surface area contributed by atoms with Crippen LogP contribution in [0.1, 0.15) is 31.9 Å². The van der Waals surface area contributed by atoms with Gasteiger partial charge in [-0.15, -0.1) is 0 Å². The number of carbonyl (C=O) groups is 2. The van der Waals surface area contributed by atoms with Crippen molar-refractivity contribution in [1.82, 2.24) is 10.2 Å². The van der Waals surface area contributed by atoms with Gasteiger partial charge < -0.3 is 15.0 Å². The zero-order chi connectivity index (χ0) is 27.7. The molecule has 0 fully saturated rings. The Kier molecular flexibility index (Phi) is 9.90. The molecule has 0 heterocycles. The van der Waals surface area contributed by atoms with E-state index in [1.54, 1.807) is 50.2 Å². The predicted octanol–water partition coefficient (Wildman–Crippen LogP) is 4.14. The van der Waals surface area contributed by atoms with Crippen LogP contribution in [-0.2, 0) is 26.2 Å². The number of nitrogens with one attached hydrogen (secondary N) is 1. The Hall–Kier alpha value is -3.85. The number of carbonyl (C=O) groups excluding carboxylic acids is 2. The second-order valence-electron chi connectivity index (χ2n) is 8.83. The zero-order valence-electron chi connectivity index (χ0n) is 22.3. The van der Waals surface area contributed by atoms with Gasteiger partial charge in [-0.3, -0.25) is 13.9 Å². The van der Waals surface area contributed by atoms with E-state index in [2.05, 4.69) is 5.32 Å². The Morgan fingerprint density at radius 1 is 0.921 bits per heavy atom. The quantitative estimate of drug-likeness (QED) is 0.375. The molecule has 1 N–H and O–H groups in total. The lowest BCUT2D eigenvalue weighted by molar-refractivity contribution is -0.139. The number of sulfonamides is 1. The molecular weight excluding hydrogens is 502 g/mol. The molecule has 3 rings (SSSR count). The van der Waals surface area contributed by atoms with Gasteiger partial charge in [0.1, 0.15) is 18.3 Å². The second-order valence-corrected chi connectivity index (χ2v) is 10.7. The smallest absolute Gasteiger partial charge is 0.264 e. The van der Waals surface area contributed by atoms with Gasteiger partial charge in [-0.1, -0.05) is 48.0 Å². The van der Waals surface area contributed by atoms with Crippen LogP contribution in [0.4, 0.5) is 5.69 Å². The number of amides is 2. The molecule has 0 radical (unpaired) electrons. The molecule has 8 nitrogen and oxygen atoms in total. The first-order valence-electron chi connectivity index (χ1n) is 12.6. The Morgan fingerprint density at radius 3 is 2.13 bits per heavy atom. The van der Waals surface area contributed by atoms with Gasteiger partial charge in [0.05, 0.1) is 17.2 Å². The molecule has 0 saturated heterocycles. The number of anilines is 1. The molecule has 0 bridgehead atoms. The maximum Gasteiger partial charge on any atom is 0.264 e. The average molecular weight is 538 g/mol. The minimum atomic E-state index is -4.11. The van der Waals surface area contributed by atoms with Gasteiger partial charge in [0.15, 0.2) is 0 Å². The van der Waals surface area contributed by atoms with Gasteiger partial charge in [-0.2, -0.15) is 0 Å². The molecule has 0 aliphatic carbocycles. The lowest BCUT2D eigenvalue weighted by atomic mass is 10.1. The third-order valence-electron chi connectivity index (χ3n) is 6.04. The second kappa shape index (κ2) is 13.1. The van der Waals surface area contributed by atoms with Crippen molar-refractivity contribution in [3.63, 3.8) is 0 Å². The van der Waals surface area contributed by atoms with Crippen molar-refractivity contribution in [2.24, 2.45) is 0 Å². The molecule has 0 saturated carbocycles. The molecule has 3 aromatic carbocycles. The largest absolute Gasteiger partial charge is 0.494 e. The topological polar surface area (TPSA) is 96.0 Å². The first kappa shape index (κ1) is 28.7. The summed E-state index contributed by atoms with van der Waals surface area (Å²) in [6.07, 6.45) is 0. The summed E-state index contributed by atoms with van der Waals surface area (Å²) in [5, 5.41) is 2.75. The molecule has 0 spiro atoms. The van der Waals surface area contributed by atoms with Gasteiger partial charge in [0.2, 0.25) is 11.8 Å². The Balaban J connectivity index is 2.02. The third kappa shape index (κ3) is 7.13. The molecule has 3 aromatic rings. The van der Waals surface area contributed by atoms with E-state index in [1.807, 2.05) is 44.2 Å². The highest BCUT2D eigenvalue weighted by Gasteiger charge is 2.32. The van der Waals surface area contributed by atoms with Crippen LogP contribution in [-0.4, -0.2) is 50.9 Å². The van der Waals surface area contributed by atoms with Crippen molar-refractivity contribution < 1.29 is 22.7 Å². The summed E-state index contributed by atoms with van der Waals surface area (Å²) in [4.78, 5) is 28.0. The van der Waals surface area contributed by atoms with E-state index in [4.69, 9.17) is 4.74 Å². The molecule has 1 atom stereocenters. The Morgan fingerprint density at radius 2 is 1.55 bits per heavy atom. The minimum absolute atomic E-state index is 0.0659. The van der Waals surface area contributed by atoms with Crippen LogP contribution in [0.3, 0.4) is 0 Å². The first-order chi connectivity index (χ1) is 18.2. The first-order valence-corrected chi connectivity index (χ1v) is 14.0. The average Bonchev–Trinajstić information content (AvgIpc) is 2.91. The van der Waals surface area contributed by atoms with Crippen molar-refractivity contribution >= 4 is 27.5 Å². The normalized spacial score (nSPS) is 11.9. The summed E-state index contributed by atoms with van der Waals surface area (Å²) in [6, 6.07) is 21.5. The highest BCUT2D eigenvalue weighted by Crippen LogP contribution is 2.27. The predicted molar refractivity (Wildman–Crippen MR) is 148 cm³/mol. The number of benzene rings is 3. The number of nitrogens with zero attached hydrogens (tertiary/aromatic N) is 2. The van der Waals surface area contributed by atoms with Gasteiger partial charge in [-0.25, -0.2) is 8.42 Å². The minimum Gasteiger partial charge on any atom is -0.494 e. The summed E-state index contributed by atoms with van der Waals surface area (Å²) in [7, 11) is -4.11. The van der Waals surface area contributed by atoms with Crippen molar-refractivity contribution in [3.05, 3.63) is 90.0 Å². The van der Waals surface area contributed by atoms with Crippen LogP contribution in [0.25, 0.3) is 0 Å². The summed E-state index contributed by atoms with van der Waals surface area (Å²) in [5.41, 5.74) is 2.05. The van der Waals surface area contributed by atoms with E-state index in [0.717, 1.165) is 15.4 Å². The van der Waals surface area contributed by atoms with Gasteiger partial charge in [0.25, 0.3) is 10.0 Å². The summed E-state index contributed by atoms with van der Waals surface area (Å²) < 4.78 is 34.2. The van der Waals surface area contributed by atoms with Crippen LogP contribution in [0.2, 0.25) is 0 Å². The van der Waals surface area contributed by atoms with E-state index >= 15 is 0 Å². The van der Waals surface area contributed by atoms with Crippen LogP contribution >= 0.6 is 0 Å². The number of hydrogen-bond donors (Lipinski definition) is 1. The lowest BCUT2D eigenvalue weighted by Crippen LogP contribution is -2.51. The summed E-state index contributed by atoms with van der Waals surface area (Å²) in [6.45, 7) is 7.72. The Labute approximate surface area is 225 Å². The highest BCUT2D eigenvalue weighted by molar-refractivity contribution is 7.92. The monoisotopic (exact) mass is 537 g/mol. The SMILES string of the molecule is CCNC(=O)[C@@H](C)N(Cc1ccccc1)C(=O)CN(c1ccc(OCC)cc1)S(=O)(=O)c1ccc(C)cc1. The maximum atomic E-state index is 13.8. The fourth-order valence-corrected chi connectivity index (χ4v) is 5.34.